The van der Waals surface area contributed by atoms with E-state index in [2.05, 4.69) is 24.8 Å². The Bertz CT molecular complexity index is 676. The van der Waals surface area contributed by atoms with Crippen molar-refractivity contribution in [3.8, 4) is 11.5 Å². The lowest BCUT2D eigenvalue weighted by molar-refractivity contribution is -0.134. The normalized spacial score (nSPS) is 21.5. The second kappa shape index (κ2) is 6.71. The van der Waals surface area contributed by atoms with Crippen LogP contribution in [0.3, 0.4) is 0 Å². The van der Waals surface area contributed by atoms with Gasteiger partial charge in [-0.05, 0) is 31.6 Å². The quantitative estimate of drug-likeness (QED) is 0.937. The van der Waals surface area contributed by atoms with E-state index in [1.54, 1.807) is 18.6 Å². The molecule has 1 aliphatic carbocycles. The van der Waals surface area contributed by atoms with Crippen LogP contribution >= 0.6 is 0 Å². The lowest BCUT2D eigenvalue weighted by Gasteiger charge is -2.20. The van der Waals surface area contributed by atoms with Crippen molar-refractivity contribution >= 4 is 5.91 Å². The number of rotatable bonds is 4. The molecule has 24 heavy (non-hydrogen) atoms. The van der Waals surface area contributed by atoms with Crippen molar-refractivity contribution in [3.63, 3.8) is 0 Å². The highest BCUT2D eigenvalue weighted by Gasteiger charge is 2.32. The van der Waals surface area contributed by atoms with Crippen LogP contribution in [0.25, 0.3) is 11.5 Å². The molecule has 2 fully saturated rings. The van der Waals surface area contributed by atoms with Crippen LogP contribution in [0.1, 0.15) is 37.8 Å². The van der Waals surface area contributed by atoms with Gasteiger partial charge in [-0.15, -0.1) is 0 Å². The maximum Gasteiger partial charge on any atom is 0.225 e. The summed E-state index contributed by atoms with van der Waals surface area (Å²) in [6.45, 7) is 1.77. The van der Waals surface area contributed by atoms with Crippen molar-refractivity contribution in [2.75, 3.05) is 13.1 Å². The van der Waals surface area contributed by atoms with Gasteiger partial charge in [-0.3, -0.25) is 9.78 Å². The van der Waals surface area contributed by atoms with Gasteiger partial charge in [-0.1, -0.05) is 12.8 Å². The van der Waals surface area contributed by atoms with Gasteiger partial charge in [0, 0.05) is 37.6 Å². The molecule has 1 saturated heterocycles. The van der Waals surface area contributed by atoms with Crippen molar-refractivity contribution in [1.29, 1.82) is 0 Å². The summed E-state index contributed by atoms with van der Waals surface area (Å²) in [6, 6.07) is 0. The second-order valence-corrected chi connectivity index (χ2v) is 6.96. The van der Waals surface area contributed by atoms with Gasteiger partial charge in [0.05, 0.1) is 11.9 Å². The third-order valence-corrected chi connectivity index (χ3v) is 5.25. The van der Waals surface area contributed by atoms with Crippen LogP contribution in [-0.2, 0) is 11.2 Å². The number of nitrogens with zero attached hydrogens (tertiary/aromatic N) is 4. The van der Waals surface area contributed by atoms with E-state index < -0.39 is 0 Å². The number of likely N-dealkylation sites (tertiary alicyclic amines) is 1. The number of H-pyrrole nitrogens is 1. The van der Waals surface area contributed by atoms with Crippen molar-refractivity contribution in [1.82, 2.24) is 24.8 Å². The summed E-state index contributed by atoms with van der Waals surface area (Å²) in [5.74, 6) is 1.91. The molecule has 0 bridgehead atoms. The van der Waals surface area contributed by atoms with E-state index in [1.165, 1.54) is 12.8 Å². The van der Waals surface area contributed by atoms with Crippen LogP contribution in [-0.4, -0.2) is 43.8 Å². The predicted molar refractivity (Wildman–Crippen MR) is 90.0 cm³/mol. The zero-order chi connectivity index (χ0) is 16.4. The third kappa shape index (κ3) is 3.18. The largest absolute Gasteiger partial charge is 0.343 e. The molecule has 6 heteroatoms. The Morgan fingerprint density at radius 2 is 2.04 bits per heavy atom. The molecule has 0 aromatic carbocycles. The van der Waals surface area contributed by atoms with Crippen molar-refractivity contribution in [3.05, 3.63) is 30.5 Å². The summed E-state index contributed by atoms with van der Waals surface area (Å²) in [5, 5.41) is 0. The Balaban J connectivity index is 1.34. The van der Waals surface area contributed by atoms with E-state index in [0.29, 0.717) is 11.8 Å². The first-order chi connectivity index (χ1) is 11.8. The van der Waals surface area contributed by atoms with Gasteiger partial charge in [-0.25, -0.2) is 9.97 Å². The van der Waals surface area contributed by atoms with E-state index in [4.69, 9.17) is 0 Å². The number of carbonyl (C=O) groups excluding carboxylic acids is 1. The first kappa shape index (κ1) is 15.3. The average molecular weight is 325 g/mol. The molecule has 2 aliphatic rings. The summed E-state index contributed by atoms with van der Waals surface area (Å²) < 4.78 is 0. The molecule has 6 nitrogen and oxygen atoms in total. The summed E-state index contributed by atoms with van der Waals surface area (Å²) in [7, 11) is 0. The minimum atomic E-state index is 0.288. The smallest absolute Gasteiger partial charge is 0.225 e. The number of aromatic amines is 1. The monoisotopic (exact) mass is 325 g/mol. The number of imidazole rings is 1. The van der Waals surface area contributed by atoms with E-state index in [9.17, 15) is 4.79 Å². The molecule has 4 rings (SSSR count). The zero-order valence-electron chi connectivity index (χ0n) is 13.8. The standard InChI is InChI=1S/C18H23N5O/c24-18(14-3-1-2-4-14)23-8-5-13(12-23)9-15-10-22-16(11-21-15)17-19-6-7-20-17/h6-7,10-11,13-14H,1-5,8-9,12H2,(H,19,20). The van der Waals surface area contributed by atoms with Crippen LogP contribution in [0.2, 0.25) is 0 Å². The molecule has 3 heterocycles. The predicted octanol–water partition coefficient (Wildman–Crippen LogP) is 2.45. The fraction of sp³-hybridized carbons (Fsp3) is 0.556. The molecule has 0 radical (unpaired) electrons. The number of amides is 1. The van der Waals surface area contributed by atoms with E-state index in [1.807, 2.05) is 6.20 Å². The molecule has 1 N–H and O–H groups in total. The molecule has 1 saturated carbocycles. The molecule has 1 amide bonds. The fourth-order valence-corrected chi connectivity index (χ4v) is 3.91. The van der Waals surface area contributed by atoms with Gasteiger partial charge in [0.2, 0.25) is 5.91 Å². The minimum Gasteiger partial charge on any atom is -0.343 e. The first-order valence-corrected chi connectivity index (χ1v) is 8.89. The fourth-order valence-electron chi connectivity index (χ4n) is 3.91. The number of hydrogen-bond donors (Lipinski definition) is 1. The van der Waals surface area contributed by atoms with E-state index in [-0.39, 0.29) is 5.92 Å². The molecule has 2 aromatic heterocycles. The zero-order valence-corrected chi connectivity index (χ0v) is 13.8. The van der Waals surface area contributed by atoms with Crippen LogP contribution in [0.5, 0.6) is 0 Å². The molecule has 2 aromatic rings. The molecule has 1 unspecified atom stereocenters. The van der Waals surface area contributed by atoms with Gasteiger partial charge in [0.15, 0.2) is 5.82 Å². The Kier molecular flexibility index (Phi) is 4.28. The maximum absolute atomic E-state index is 12.5. The van der Waals surface area contributed by atoms with Gasteiger partial charge in [0.25, 0.3) is 0 Å². The molecule has 0 spiro atoms. The Morgan fingerprint density at radius 3 is 2.75 bits per heavy atom. The van der Waals surface area contributed by atoms with Crippen LogP contribution in [0, 0.1) is 11.8 Å². The SMILES string of the molecule is O=C(C1CCCC1)N1CCC(Cc2cnc(-c3ncc[nH]3)cn2)C1. The summed E-state index contributed by atoms with van der Waals surface area (Å²) in [6.07, 6.45) is 13.6. The van der Waals surface area contributed by atoms with Crippen LogP contribution < -0.4 is 0 Å². The second-order valence-electron chi connectivity index (χ2n) is 6.96. The summed E-state index contributed by atoms with van der Waals surface area (Å²) >= 11 is 0. The van der Waals surface area contributed by atoms with Crippen molar-refractivity contribution in [2.24, 2.45) is 11.8 Å². The van der Waals surface area contributed by atoms with Crippen LogP contribution in [0.4, 0.5) is 0 Å². The number of carbonyl (C=O) groups is 1. The minimum absolute atomic E-state index is 0.288. The lowest BCUT2D eigenvalue weighted by atomic mass is 10.0. The molecule has 1 aliphatic heterocycles. The van der Waals surface area contributed by atoms with E-state index >= 15 is 0 Å². The van der Waals surface area contributed by atoms with Gasteiger partial charge in [-0.2, -0.15) is 0 Å². The molecular formula is C18H23N5O. The van der Waals surface area contributed by atoms with Crippen molar-refractivity contribution < 1.29 is 4.79 Å². The topological polar surface area (TPSA) is 74.8 Å². The number of nitrogens with one attached hydrogen (secondary N) is 1. The van der Waals surface area contributed by atoms with Gasteiger partial charge < -0.3 is 9.88 Å². The summed E-state index contributed by atoms with van der Waals surface area (Å²) in [4.78, 5) is 30.8. The van der Waals surface area contributed by atoms with Crippen LogP contribution in [0.15, 0.2) is 24.8 Å². The molecular weight excluding hydrogens is 302 g/mol. The Hall–Kier alpha value is -2.24. The molecule has 126 valence electrons. The van der Waals surface area contributed by atoms with Crippen molar-refractivity contribution in [2.45, 2.75) is 38.5 Å². The highest BCUT2D eigenvalue weighted by atomic mass is 16.2. The number of hydrogen-bond acceptors (Lipinski definition) is 4. The first-order valence-electron chi connectivity index (χ1n) is 8.89. The van der Waals surface area contributed by atoms with Gasteiger partial charge in [0.1, 0.15) is 5.69 Å². The third-order valence-electron chi connectivity index (χ3n) is 5.25. The van der Waals surface area contributed by atoms with Gasteiger partial charge >= 0.3 is 0 Å². The summed E-state index contributed by atoms with van der Waals surface area (Å²) in [5.41, 5.74) is 1.75. The number of aromatic nitrogens is 4. The maximum atomic E-state index is 12.5. The Morgan fingerprint density at radius 1 is 1.17 bits per heavy atom. The Labute approximate surface area is 141 Å². The lowest BCUT2D eigenvalue weighted by Crippen LogP contribution is -2.33. The highest BCUT2D eigenvalue weighted by molar-refractivity contribution is 5.79. The van der Waals surface area contributed by atoms with E-state index in [0.717, 1.165) is 56.0 Å². The molecule has 1 atom stereocenters. The average Bonchev–Trinajstić information content (AvgIpc) is 3.37. The highest BCUT2D eigenvalue weighted by Crippen LogP contribution is 2.29.